The SMILES string of the molecule is O=C(NC1CC1c1ccccc1)c1ccc(C#CCO)s1. The Labute approximate surface area is 127 Å². The molecule has 1 aliphatic rings. The maximum Gasteiger partial charge on any atom is 0.261 e. The number of carbonyl (C=O) groups excluding carboxylic acids is 1. The first-order valence-corrected chi connectivity index (χ1v) is 7.65. The van der Waals surface area contributed by atoms with Gasteiger partial charge in [-0.2, -0.15) is 0 Å². The van der Waals surface area contributed by atoms with Gasteiger partial charge in [-0.05, 0) is 24.1 Å². The summed E-state index contributed by atoms with van der Waals surface area (Å²) in [5, 5.41) is 11.7. The van der Waals surface area contributed by atoms with Crippen molar-refractivity contribution in [1.29, 1.82) is 0 Å². The summed E-state index contributed by atoms with van der Waals surface area (Å²) >= 11 is 1.35. The number of hydrogen-bond acceptors (Lipinski definition) is 3. The van der Waals surface area contributed by atoms with Gasteiger partial charge in [0.2, 0.25) is 0 Å². The van der Waals surface area contributed by atoms with Crippen molar-refractivity contribution in [1.82, 2.24) is 5.32 Å². The molecule has 3 rings (SSSR count). The lowest BCUT2D eigenvalue weighted by atomic mass is 10.1. The molecule has 2 atom stereocenters. The lowest BCUT2D eigenvalue weighted by molar-refractivity contribution is 0.0954. The second-order valence-corrected chi connectivity index (χ2v) is 6.04. The average molecular weight is 297 g/mol. The number of aliphatic hydroxyl groups excluding tert-OH is 1. The van der Waals surface area contributed by atoms with E-state index in [0.29, 0.717) is 10.8 Å². The van der Waals surface area contributed by atoms with E-state index in [1.54, 1.807) is 6.07 Å². The molecule has 0 aliphatic heterocycles. The van der Waals surface area contributed by atoms with Crippen LogP contribution in [0.25, 0.3) is 0 Å². The van der Waals surface area contributed by atoms with E-state index in [1.807, 2.05) is 24.3 Å². The molecule has 2 unspecified atom stereocenters. The number of rotatable bonds is 3. The van der Waals surface area contributed by atoms with E-state index in [-0.39, 0.29) is 18.6 Å². The van der Waals surface area contributed by atoms with E-state index in [0.717, 1.165) is 11.3 Å². The van der Waals surface area contributed by atoms with Gasteiger partial charge in [-0.1, -0.05) is 42.2 Å². The van der Waals surface area contributed by atoms with Gasteiger partial charge in [0.1, 0.15) is 6.61 Å². The van der Waals surface area contributed by atoms with Gasteiger partial charge in [-0.3, -0.25) is 4.79 Å². The molecule has 0 saturated heterocycles. The molecule has 1 fully saturated rings. The van der Waals surface area contributed by atoms with Crippen LogP contribution in [0.5, 0.6) is 0 Å². The Kier molecular flexibility index (Phi) is 4.05. The van der Waals surface area contributed by atoms with Crippen molar-refractivity contribution in [3.05, 3.63) is 57.8 Å². The first kappa shape index (κ1) is 13.9. The zero-order valence-electron chi connectivity index (χ0n) is 11.4. The van der Waals surface area contributed by atoms with Gasteiger partial charge in [-0.25, -0.2) is 0 Å². The molecule has 3 nitrogen and oxygen atoms in total. The molecular weight excluding hydrogens is 282 g/mol. The van der Waals surface area contributed by atoms with Crippen LogP contribution in [0.2, 0.25) is 0 Å². The summed E-state index contributed by atoms with van der Waals surface area (Å²) in [6.45, 7) is -0.166. The molecule has 1 heterocycles. The van der Waals surface area contributed by atoms with Crippen molar-refractivity contribution in [3.63, 3.8) is 0 Å². The zero-order valence-corrected chi connectivity index (χ0v) is 12.2. The third kappa shape index (κ3) is 3.33. The van der Waals surface area contributed by atoms with Crippen molar-refractivity contribution >= 4 is 17.2 Å². The second kappa shape index (κ2) is 6.13. The highest BCUT2D eigenvalue weighted by atomic mass is 32.1. The Morgan fingerprint density at radius 2 is 2.10 bits per heavy atom. The number of thiophene rings is 1. The molecule has 1 aliphatic carbocycles. The van der Waals surface area contributed by atoms with E-state index in [4.69, 9.17) is 5.11 Å². The second-order valence-electron chi connectivity index (χ2n) is 4.96. The van der Waals surface area contributed by atoms with E-state index >= 15 is 0 Å². The van der Waals surface area contributed by atoms with Gasteiger partial charge in [0, 0.05) is 12.0 Å². The first-order valence-electron chi connectivity index (χ1n) is 6.83. The van der Waals surface area contributed by atoms with Gasteiger partial charge in [0.05, 0.1) is 9.75 Å². The number of carbonyl (C=O) groups is 1. The maximum absolute atomic E-state index is 12.2. The Balaban J connectivity index is 1.59. The van der Waals surface area contributed by atoms with Crippen molar-refractivity contribution < 1.29 is 9.90 Å². The van der Waals surface area contributed by atoms with Crippen LogP contribution >= 0.6 is 11.3 Å². The van der Waals surface area contributed by atoms with Crippen molar-refractivity contribution in [2.45, 2.75) is 18.4 Å². The summed E-state index contributed by atoms with van der Waals surface area (Å²) in [5.41, 5.74) is 1.28. The van der Waals surface area contributed by atoms with Crippen LogP contribution in [-0.2, 0) is 0 Å². The summed E-state index contributed by atoms with van der Waals surface area (Å²) in [5.74, 6) is 5.79. The molecule has 4 heteroatoms. The Morgan fingerprint density at radius 1 is 1.29 bits per heavy atom. The molecule has 1 aromatic carbocycles. The summed E-state index contributed by atoms with van der Waals surface area (Å²) in [7, 11) is 0. The predicted molar refractivity (Wildman–Crippen MR) is 83.3 cm³/mol. The van der Waals surface area contributed by atoms with Crippen LogP contribution < -0.4 is 5.32 Å². The molecule has 0 bridgehead atoms. The lowest BCUT2D eigenvalue weighted by Gasteiger charge is -2.03. The standard InChI is InChI=1S/C17H15NO2S/c19-10-4-7-13-8-9-16(21-13)17(20)18-15-11-14(15)12-5-2-1-3-6-12/h1-3,5-6,8-9,14-15,19H,10-11H2,(H,18,20). The average Bonchev–Trinajstić information content (AvgIpc) is 3.11. The first-order chi connectivity index (χ1) is 10.3. The van der Waals surface area contributed by atoms with Gasteiger partial charge >= 0.3 is 0 Å². The number of benzene rings is 1. The van der Waals surface area contributed by atoms with Crippen molar-refractivity contribution in [2.75, 3.05) is 6.61 Å². The minimum Gasteiger partial charge on any atom is -0.384 e. The van der Waals surface area contributed by atoms with Crippen LogP contribution in [0.4, 0.5) is 0 Å². The van der Waals surface area contributed by atoms with Crippen molar-refractivity contribution in [3.8, 4) is 11.8 Å². The minimum atomic E-state index is -0.166. The summed E-state index contributed by atoms with van der Waals surface area (Å²) in [6.07, 6.45) is 0.998. The van der Waals surface area contributed by atoms with E-state index in [9.17, 15) is 4.79 Å². The van der Waals surface area contributed by atoms with Gasteiger partial charge in [-0.15, -0.1) is 11.3 Å². The van der Waals surface area contributed by atoms with E-state index in [1.165, 1.54) is 16.9 Å². The number of hydrogen-bond donors (Lipinski definition) is 2. The van der Waals surface area contributed by atoms with Crippen LogP contribution in [0.1, 0.15) is 32.5 Å². The monoisotopic (exact) mass is 297 g/mol. The smallest absolute Gasteiger partial charge is 0.261 e. The largest absolute Gasteiger partial charge is 0.384 e. The Bertz CT molecular complexity index is 696. The predicted octanol–water partition coefficient (Wildman–Crippen LogP) is 2.38. The highest BCUT2D eigenvalue weighted by Crippen LogP contribution is 2.40. The molecule has 1 saturated carbocycles. The molecule has 0 radical (unpaired) electrons. The highest BCUT2D eigenvalue weighted by Gasteiger charge is 2.39. The van der Waals surface area contributed by atoms with E-state index in [2.05, 4.69) is 29.3 Å². The topological polar surface area (TPSA) is 49.3 Å². The molecule has 0 spiro atoms. The van der Waals surface area contributed by atoms with Crippen LogP contribution in [-0.4, -0.2) is 23.7 Å². The van der Waals surface area contributed by atoms with Crippen LogP contribution in [0.15, 0.2) is 42.5 Å². The fourth-order valence-corrected chi connectivity index (χ4v) is 3.10. The van der Waals surface area contributed by atoms with E-state index < -0.39 is 0 Å². The third-order valence-corrected chi connectivity index (χ3v) is 4.45. The fourth-order valence-electron chi connectivity index (χ4n) is 2.32. The number of amides is 1. The van der Waals surface area contributed by atoms with Crippen molar-refractivity contribution in [2.24, 2.45) is 0 Å². The normalized spacial score (nSPS) is 19.5. The quantitative estimate of drug-likeness (QED) is 0.855. The summed E-state index contributed by atoms with van der Waals surface area (Å²) in [6, 6.07) is 14.1. The minimum absolute atomic E-state index is 0.0412. The molecule has 21 heavy (non-hydrogen) atoms. The van der Waals surface area contributed by atoms with Gasteiger partial charge in [0.25, 0.3) is 5.91 Å². The van der Waals surface area contributed by atoms with Crippen LogP contribution in [0, 0.1) is 11.8 Å². The third-order valence-electron chi connectivity index (χ3n) is 3.46. The number of aliphatic hydroxyl groups is 1. The summed E-state index contributed by atoms with van der Waals surface area (Å²) in [4.78, 5) is 13.6. The Hall–Kier alpha value is -2.09. The highest BCUT2D eigenvalue weighted by molar-refractivity contribution is 7.14. The lowest BCUT2D eigenvalue weighted by Crippen LogP contribution is -2.25. The molecular formula is C17H15NO2S. The number of nitrogens with one attached hydrogen (secondary N) is 1. The molecule has 1 aromatic heterocycles. The van der Waals surface area contributed by atoms with Gasteiger partial charge < -0.3 is 10.4 Å². The molecule has 1 amide bonds. The zero-order chi connectivity index (χ0) is 14.7. The maximum atomic E-state index is 12.2. The Morgan fingerprint density at radius 3 is 2.86 bits per heavy atom. The summed E-state index contributed by atoms with van der Waals surface area (Å²) < 4.78 is 0. The molecule has 106 valence electrons. The molecule has 2 aromatic rings. The van der Waals surface area contributed by atoms with Crippen LogP contribution in [0.3, 0.4) is 0 Å². The van der Waals surface area contributed by atoms with Gasteiger partial charge in [0.15, 0.2) is 0 Å². The molecule has 2 N–H and O–H groups in total. The fraction of sp³-hybridized carbons (Fsp3) is 0.235.